The maximum Gasteiger partial charge on any atom is 0.167 e. The molecule has 1 fully saturated rings. The van der Waals surface area contributed by atoms with Gasteiger partial charge in [0.05, 0.1) is 0 Å². The van der Waals surface area contributed by atoms with Gasteiger partial charge in [-0.1, -0.05) is 35.7 Å². The predicted molar refractivity (Wildman–Crippen MR) is 69.6 cm³/mol. The molecule has 0 amide bonds. The van der Waals surface area contributed by atoms with Gasteiger partial charge in [-0.2, -0.15) is 0 Å². The van der Waals surface area contributed by atoms with E-state index >= 15 is 0 Å². The summed E-state index contributed by atoms with van der Waals surface area (Å²) in [5.74, 6) is 0.531. The van der Waals surface area contributed by atoms with Crippen LogP contribution >= 0.6 is 15.9 Å². The van der Waals surface area contributed by atoms with Crippen LogP contribution < -0.4 is 0 Å². The molecule has 0 unspecified atom stereocenters. The second kappa shape index (κ2) is 5.30. The van der Waals surface area contributed by atoms with E-state index in [0.717, 1.165) is 31.6 Å². The Balaban J connectivity index is 2.16. The van der Waals surface area contributed by atoms with Gasteiger partial charge in [-0.3, -0.25) is 4.79 Å². The minimum absolute atomic E-state index is 0.0734. The smallest absolute Gasteiger partial charge is 0.167 e. The first-order valence-corrected chi connectivity index (χ1v) is 6.86. The summed E-state index contributed by atoms with van der Waals surface area (Å²) in [5, 5.41) is 0. The van der Waals surface area contributed by atoms with Gasteiger partial charge in [0, 0.05) is 16.0 Å². The van der Waals surface area contributed by atoms with Crippen molar-refractivity contribution in [2.75, 3.05) is 0 Å². The van der Waals surface area contributed by atoms with Crippen LogP contribution in [-0.4, -0.2) is 5.78 Å². The second-order valence-electron chi connectivity index (χ2n) is 4.95. The fourth-order valence-corrected chi connectivity index (χ4v) is 2.87. The largest absolute Gasteiger partial charge is 0.294 e. The summed E-state index contributed by atoms with van der Waals surface area (Å²) in [7, 11) is 0. The van der Waals surface area contributed by atoms with E-state index in [-0.39, 0.29) is 17.5 Å². The molecule has 0 N–H and O–H groups in total. The van der Waals surface area contributed by atoms with Crippen LogP contribution in [0.2, 0.25) is 0 Å². The minimum atomic E-state index is -0.347. The zero-order chi connectivity index (χ0) is 12.4. The fourth-order valence-electron chi connectivity index (χ4n) is 2.43. The van der Waals surface area contributed by atoms with E-state index in [1.54, 1.807) is 6.07 Å². The number of rotatable bonds is 2. The van der Waals surface area contributed by atoms with Crippen LogP contribution in [0.15, 0.2) is 22.7 Å². The minimum Gasteiger partial charge on any atom is -0.294 e. The molecular formula is C14H16BrFO. The summed E-state index contributed by atoms with van der Waals surface area (Å²) in [6.07, 6.45) is 4.07. The van der Waals surface area contributed by atoms with Crippen molar-refractivity contribution >= 4 is 21.7 Å². The van der Waals surface area contributed by atoms with E-state index in [1.165, 1.54) is 12.1 Å². The van der Waals surface area contributed by atoms with Crippen molar-refractivity contribution in [3.05, 3.63) is 34.1 Å². The molecule has 0 bridgehead atoms. The van der Waals surface area contributed by atoms with Gasteiger partial charge in [0.1, 0.15) is 5.82 Å². The van der Waals surface area contributed by atoms with Gasteiger partial charge >= 0.3 is 0 Å². The van der Waals surface area contributed by atoms with Crippen LogP contribution in [0.1, 0.15) is 43.0 Å². The SMILES string of the molecule is CC1CCC(C(=O)c2cc(F)ccc2Br)CC1. The molecule has 1 saturated carbocycles. The third-order valence-corrected chi connectivity index (χ3v) is 4.27. The van der Waals surface area contributed by atoms with Crippen molar-refractivity contribution in [1.82, 2.24) is 0 Å². The van der Waals surface area contributed by atoms with Gasteiger partial charge in [-0.05, 0) is 37.0 Å². The molecule has 17 heavy (non-hydrogen) atoms. The van der Waals surface area contributed by atoms with E-state index < -0.39 is 0 Å². The molecule has 92 valence electrons. The molecular weight excluding hydrogens is 283 g/mol. The zero-order valence-electron chi connectivity index (χ0n) is 9.88. The van der Waals surface area contributed by atoms with Crippen molar-refractivity contribution in [2.24, 2.45) is 11.8 Å². The number of carbonyl (C=O) groups excluding carboxylic acids is 1. The molecule has 0 spiro atoms. The molecule has 2 rings (SSSR count). The first-order valence-electron chi connectivity index (χ1n) is 6.07. The monoisotopic (exact) mass is 298 g/mol. The highest BCUT2D eigenvalue weighted by Gasteiger charge is 2.26. The van der Waals surface area contributed by atoms with Crippen molar-refractivity contribution in [1.29, 1.82) is 0 Å². The van der Waals surface area contributed by atoms with Crippen LogP contribution in [0.25, 0.3) is 0 Å². The Labute approximate surface area is 110 Å². The number of hydrogen-bond donors (Lipinski definition) is 0. The molecule has 1 aliphatic carbocycles. The van der Waals surface area contributed by atoms with Crippen LogP contribution in [0.4, 0.5) is 4.39 Å². The summed E-state index contributed by atoms with van der Waals surface area (Å²) in [5.41, 5.74) is 0.490. The van der Waals surface area contributed by atoms with Crippen LogP contribution in [0.3, 0.4) is 0 Å². The lowest BCUT2D eigenvalue weighted by molar-refractivity contribution is 0.0874. The Morgan fingerprint density at radius 2 is 1.94 bits per heavy atom. The maximum absolute atomic E-state index is 13.2. The number of Topliss-reactive ketones (excluding diaryl/α,β-unsaturated/α-hetero) is 1. The Bertz CT molecular complexity index is 422. The standard InChI is InChI=1S/C14H16BrFO/c1-9-2-4-10(5-3-9)14(17)12-8-11(16)6-7-13(12)15/h6-10H,2-5H2,1H3. The molecule has 1 aromatic rings. The number of ketones is 1. The zero-order valence-corrected chi connectivity index (χ0v) is 11.5. The van der Waals surface area contributed by atoms with Crippen molar-refractivity contribution in [3.63, 3.8) is 0 Å². The number of hydrogen-bond acceptors (Lipinski definition) is 1. The highest BCUT2D eigenvalue weighted by atomic mass is 79.9. The third kappa shape index (κ3) is 2.95. The van der Waals surface area contributed by atoms with E-state index in [0.29, 0.717) is 10.0 Å². The molecule has 3 heteroatoms. The van der Waals surface area contributed by atoms with Gasteiger partial charge in [-0.25, -0.2) is 4.39 Å². The Morgan fingerprint density at radius 3 is 2.59 bits per heavy atom. The van der Waals surface area contributed by atoms with Gasteiger partial charge in [0.25, 0.3) is 0 Å². The Hall–Kier alpha value is -0.700. The van der Waals surface area contributed by atoms with Crippen molar-refractivity contribution in [2.45, 2.75) is 32.6 Å². The van der Waals surface area contributed by atoms with Gasteiger partial charge in [-0.15, -0.1) is 0 Å². The first kappa shape index (κ1) is 12.7. The quantitative estimate of drug-likeness (QED) is 0.730. The van der Waals surface area contributed by atoms with E-state index in [1.807, 2.05) is 0 Å². The van der Waals surface area contributed by atoms with E-state index in [9.17, 15) is 9.18 Å². The number of carbonyl (C=O) groups is 1. The highest BCUT2D eigenvalue weighted by Crippen LogP contribution is 2.32. The Kier molecular flexibility index (Phi) is 3.97. The van der Waals surface area contributed by atoms with Crippen LogP contribution in [0, 0.1) is 17.7 Å². The highest BCUT2D eigenvalue weighted by molar-refractivity contribution is 9.10. The molecule has 0 saturated heterocycles. The van der Waals surface area contributed by atoms with Gasteiger partial charge in [0.2, 0.25) is 0 Å². The molecule has 0 heterocycles. The maximum atomic E-state index is 13.2. The molecule has 0 aromatic heterocycles. The molecule has 1 nitrogen and oxygen atoms in total. The van der Waals surface area contributed by atoms with Gasteiger partial charge in [0.15, 0.2) is 5.78 Å². The lowest BCUT2D eigenvalue weighted by Gasteiger charge is -2.25. The molecule has 0 atom stereocenters. The summed E-state index contributed by atoms with van der Waals surface area (Å²) >= 11 is 3.32. The average Bonchev–Trinajstić information content (AvgIpc) is 2.32. The summed E-state index contributed by atoms with van der Waals surface area (Å²) < 4.78 is 13.9. The summed E-state index contributed by atoms with van der Waals surface area (Å²) in [4.78, 5) is 12.3. The average molecular weight is 299 g/mol. The fraction of sp³-hybridized carbons (Fsp3) is 0.500. The predicted octanol–water partition coefficient (Wildman–Crippen LogP) is 4.60. The topological polar surface area (TPSA) is 17.1 Å². The first-order chi connectivity index (χ1) is 8.08. The van der Waals surface area contributed by atoms with Crippen LogP contribution in [-0.2, 0) is 0 Å². The molecule has 1 aliphatic rings. The number of benzene rings is 1. The van der Waals surface area contributed by atoms with E-state index in [2.05, 4.69) is 22.9 Å². The summed E-state index contributed by atoms with van der Waals surface area (Å²) in [6, 6.07) is 4.31. The van der Waals surface area contributed by atoms with Gasteiger partial charge < -0.3 is 0 Å². The third-order valence-electron chi connectivity index (χ3n) is 3.58. The molecule has 1 aromatic carbocycles. The lowest BCUT2D eigenvalue weighted by Crippen LogP contribution is -2.21. The van der Waals surface area contributed by atoms with Crippen LogP contribution in [0.5, 0.6) is 0 Å². The lowest BCUT2D eigenvalue weighted by atomic mass is 9.79. The number of halogens is 2. The molecule has 0 radical (unpaired) electrons. The normalized spacial score (nSPS) is 24.6. The van der Waals surface area contributed by atoms with Crippen molar-refractivity contribution in [3.8, 4) is 0 Å². The van der Waals surface area contributed by atoms with Crippen molar-refractivity contribution < 1.29 is 9.18 Å². The van der Waals surface area contributed by atoms with E-state index in [4.69, 9.17) is 0 Å². The summed E-state index contributed by atoms with van der Waals surface area (Å²) in [6.45, 7) is 2.22. The Morgan fingerprint density at radius 1 is 1.29 bits per heavy atom. The molecule has 0 aliphatic heterocycles. The second-order valence-corrected chi connectivity index (χ2v) is 5.80.